The first kappa shape index (κ1) is 14.1. The van der Waals surface area contributed by atoms with E-state index in [1.165, 1.54) is 4.88 Å². The quantitative estimate of drug-likeness (QED) is 0.871. The Bertz CT molecular complexity index is 595. The van der Waals surface area contributed by atoms with Crippen LogP contribution in [0.4, 0.5) is 0 Å². The lowest BCUT2D eigenvalue weighted by molar-refractivity contribution is -0.134. The average molecular weight is 302 g/mol. The summed E-state index contributed by atoms with van der Waals surface area (Å²) in [6.45, 7) is 2.81. The van der Waals surface area contributed by atoms with Crippen molar-refractivity contribution in [2.75, 3.05) is 13.2 Å². The summed E-state index contributed by atoms with van der Waals surface area (Å²) in [5, 5.41) is 2.06. The van der Waals surface area contributed by atoms with Crippen LogP contribution in [-0.2, 0) is 4.79 Å². The Labute approximate surface area is 128 Å². The molecule has 0 aliphatic carbocycles. The molecule has 21 heavy (non-hydrogen) atoms. The summed E-state index contributed by atoms with van der Waals surface area (Å²) in [7, 11) is 0. The predicted molar refractivity (Wildman–Crippen MR) is 82.5 cm³/mol. The van der Waals surface area contributed by atoms with Crippen LogP contribution < -0.4 is 4.74 Å². The maximum atomic E-state index is 12.4. The lowest BCUT2D eigenvalue weighted by Crippen LogP contribution is -2.34. The highest BCUT2D eigenvalue weighted by Gasteiger charge is 2.30. The highest BCUT2D eigenvalue weighted by atomic mass is 32.1. The van der Waals surface area contributed by atoms with E-state index in [1.807, 2.05) is 30.0 Å². The molecule has 1 atom stereocenters. The number of carbonyl (C=O) groups is 1. The minimum absolute atomic E-state index is 0.0477. The fraction of sp³-hybridized carbons (Fsp3) is 0.375. The van der Waals surface area contributed by atoms with Gasteiger partial charge in [-0.05, 0) is 43.3 Å². The third kappa shape index (κ3) is 3.24. The zero-order valence-corrected chi connectivity index (χ0v) is 12.8. The van der Waals surface area contributed by atoms with Crippen LogP contribution in [0.15, 0.2) is 35.8 Å². The molecule has 1 aliphatic rings. The summed E-state index contributed by atoms with van der Waals surface area (Å²) in [5.74, 6) is 0.687. The maximum Gasteiger partial charge on any atom is 0.261 e. The van der Waals surface area contributed by atoms with Crippen molar-refractivity contribution in [2.45, 2.75) is 25.8 Å². The number of amides is 1. The smallest absolute Gasteiger partial charge is 0.261 e. The van der Waals surface area contributed by atoms with Crippen molar-refractivity contribution in [3.05, 3.63) is 46.4 Å². The van der Waals surface area contributed by atoms with Crippen molar-refractivity contribution in [3.63, 3.8) is 0 Å². The van der Waals surface area contributed by atoms with E-state index in [0.717, 1.165) is 25.1 Å². The molecule has 110 valence electrons. The van der Waals surface area contributed by atoms with Crippen molar-refractivity contribution in [3.8, 4) is 5.75 Å². The van der Waals surface area contributed by atoms with Crippen LogP contribution in [0.3, 0.4) is 0 Å². The molecule has 4 nitrogen and oxygen atoms in total. The Balaban J connectivity index is 1.61. The number of likely N-dealkylation sites (tertiary alicyclic amines) is 1. The SMILES string of the molecule is Cc1ccc(OCC(=O)N2CCC[C@H]2c2cccs2)cn1. The number of carbonyl (C=O) groups excluding carboxylic acids is 1. The molecule has 0 bridgehead atoms. The molecule has 0 unspecified atom stereocenters. The largest absolute Gasteiger partial charge is 0.482 e. The molecule has 1 fully saturated rings. The van der Waals surface area contributed by atoms with Gasteiger partial charge in [0, 0.05) is 17.1 Å². The predicted octanol–water partition coefficient (Wildman–Crippen LogP) is 3.19. The molecule has 2 aromatic rings. The molecular weight excluding hydrogens is 284 g/mol. The second kappa shape index (κ2) is 6.26. The van der Waals surface area contributed by atoms with Gasteiger partial charge < -0.3 is 9.64 Å². The van der Waals surface area contributed by atoms with Crippen molar-refractivity contribution in [2.24, 2.45) is 0 Å². The number of nitrogens with zero attached hydrogens (tertiary/aromatic N) is 2. The molecule has 0 spiro atoms. The van der Waals surface area contributed by atoms with Gasteiger partial charge in [0.25, 0.3) is 5.91 Å². The third-order valence-corrected chi connectivity index (χ3v) is 4.66. The van der Waals surface area contributed by atoms with Gasteiger partial charge in [0.1, 0.15) is 5.75 Å². The number of thiophene rings is 1. The van der Waals surface area contributed by atoms with E-state index in [4.69, 9.17) is 4.74 Å². The Hall–Kier alpha value is -1.88. The van der Waals surface area contributed by atoms with Crippen molar-refractivity contribution >= 4 is 17.2 Å². The minimum atomic E-state index is 0.0477. The Kier molecular flexibility index (Phi) is 4.20. The van der Waals surface area contributed by atoms with E-state index in [1.54, 1.807) is 17.5 Å². The van der Waals surface area contributed by atoms with Crippen molar-refractivity contribution in [1.82, 2.24) is 9.88 Å². The Morgan fingerprint density at radius 2 is 2.38 bits per heavy atom. The van der Waals surface area contributed by atoms with Gasteiger partial charge in [-0.1, -0.05) is 6.07 Å². The van der Waals surface area contributed by atoms with Gasteiger partial charge in [0.05, 0.1) is 12.2 Å². The Morgan fingerprint density at radius 1 is 1.48 bits per heavy atom. The van der Waals surface area contributed by atoms with E-state index in [9.17, 15) is 4.79 Å². The van der Waals surface area contributed by atoms with Crippen molar-refractivity contribution in [1.29, 1.82) is 0 Å². The minimum Gasteiger partial charge on any atom is -0.482 e. The monoisotopic (exact) mass is 302 g/mol. The molecule has 0 saturated carbocycles. The van der Waals surface area contributed by atoms with Gasteiger partial charge in [0.2, 0.25) is 0 Å². The van der Waals surface area contributed by atoms with Crippen molar-refractivity contribution < 1.29 is 9.53 Å². The fourth-order valence-electron chi connectivity index (χ4n) is 2.61. The molecule has 1 aliphatic heterocycles. The number of aromatic nitrogens is 1. The van der Waals surface area contributed by atoms with Gasteiger partial charge in [-0.2, -0.15) is 0 Å². The summed E-state index contributed by atoms with van der Waals surface area (Å²) in [6.07, 6.45) is 3.75. The maximum absolute atomic E-state index is 12.4. The molecule has 3 heterocycles. The van der Waals surface area contributed by atoms with Gasteiger partial charge in [0.15, 0.2) is 6.61 Å². The van der Waals surface area contributed by atoms with E-state index in [-0.39, 0.29) is 18.6 Å². The van der Waals surface area contributed by atoms with E-state index >= 15 is 0 Å². The number of ether oxygens (including phenoxy) is 1. The topological polar surface area (TPSA) is 42.4 Å². The summed E-state index contributed by atoms with van der Waals surface area (Å²) in [5.41, 5.74) is 0.936. The first-order valence-corrected chi connectivity index (χ1v) is 8.00. The van der Waals surface area contributed by atoms with Crippen LogP contribution in [0.25, 0.3) is 0 Å². The molecule has 5 heteroatoms. The zero-order valence-electron chi connectivity index (χ0n) is 12.0. The van der Waals surface area contributed by atoms with Crippen LogP contribution in [-0.4, -0.2) is 28.9 Å². The van der Waals surface area contributed by atoms with Gasteiger partial charge >= 0.3 is 0 Å². The third-order valence-electron chi connectivity index (χ3n) is 3.69. The molecule has 0 N–H and O–H groups in total. The summed E-state index contributed by atoms with van der Waals surface area (Å²) in [4.78, 5) is 19.7. The normalized spacial score (nSPS) is 18.0. The first-order valence-electron chi connectivity index (χ1n) is 7.12. The standard InChI is InChI=1S/C16H18N2O2S/c1-12-6-7-13(10-17-12)20-11-16(19)18-8-2-4-14(18)15-5-3-9-21-15/h3,5-7,9-10,14H,2,4,8,11H2,1H3/t14-/m0/s1. The lowest BCUT2D eigenvalue weighted by Gasteiger charge is -2.23. The lowest BCUT2D eigenvalue weighted by atomic mass is 10.2. The van der Waals surface area contributed by atoms with Crippen LogP contribution in [0.2, 0.25) is 0 Å². The second-order valence-corrected chi connectivity index (χ2v) is 6.16. The molecule has 0 radical (unpaired) electrons. The molecule has 3 rings (SSSR count). The van der Waals surface area contributed by atoms with Gasteiger partial charge in [-0.15, -0.1) is 11.3 Å². The number of aryl methyl sites for hydroxylation is 1. The number of hydrogen-bond donors (Lipinski definition) is 0. The molecular formula is C16H18N2O2S. The highest BCUT2D eigenvalue weighted by Crippen LogP contribution is 2.34. The number of pyridine rings is 1. The van der Waals surface area contributed by atoms with E-state index in [0.29, 0.717) is 5.75 Å². The second-order valence-electron chi connectivity index (χ2n) is 5.18. The van der Waals surface area contributed by atoms with E-state index in [2.05, 4.69) is 16.4 Å². The molecule has 2 aromatic heterocycles. The molecule has 0 aromatic carbocycles. The van der Waals surface area contributed by atoms with Crippen LogP contribution in [0.5, 0.6) is 5.75 Å². The number of rotatable bonds is 4. The molecule has 1 saturated heterocycles. The van der Waals surface area contributed by atoms with Gasteiger partial charge in [-0.25, -0.2) is 0 Å². The van der Waals surface area contributed by atoms with Gasteiger partial charge in [-0.3, -0.25) is 9.78 Å². The fourth-order valence-corrected chi connectivity index (χ4v) is 3.48. The van der Waals surface area contributed by atoms with Crippen LogP contribution >= 0.6 is 11.3 Å². The summed E-state index contributed by atoms with van der Waals surface area (Å²) < 4.78 is 5.55. The van der Waals surface area contributed by atoms with Crippen LogP contribution in [0.1, 0.15) is 29.5 Å². The highest BCUT2D eigenvalue weighted by molar-refractivity contribution is 7.10. The average Bonchev–Trinajstić information content (AvgIpc) is 3.16. The summed E-state index contributed by atoms with van der Waals surface area (Å²) in [6, 6.07) is 8.08. The Morgan fingerprint density at radius 3 is 3.10 bits per heavy atom. The number of hydrogen-bond acceptors (Lipinski definition) is 4. The van der Waals surface area contributed by atoms with E-state index < -0.39 is 0 Å². The first-order chi connectivity index (χ1) is 10.2. The van der Waals surface area contributed by atoms with Crippen LogP contribution in [0, 0.1) is 6.92 Å². The zero-order chi connectivity index (χ0) is 14.7. The molecule has 1 amide bonds. The summed E-state index contributed by atoms with van der Waals surface area (Å²) >= 11 is 1.71.